The Morgan fingerprint density at radius 1 is 1.15 bits per heavy atom. The highest BCUT2D eigenvalue weighted by Crippen LogP contribution is 2.23. The normalized spacial score (nSPS) is 16.8. The molecule has 1 aliphatic heterocycles. The first-order chi connectivity index (χ1) is 12.6. The summed E-state index contributed by atoms with van der Waals surface area (Å²) in [6.07, 6.45) is 2.63. The number of methoxy groups -OCH3 is 1. The van der Waals surface area contributed by atoms with E-state index in [1.54, 1.807) is 7.11 Å². The van der Waals surface area contributed by atoms with E-state index < -0.39 is 0 Å². The van der Waals surface area contributed by atoms with Crippen molar-refractivity contribution in [3.63, 3.8) is 0 Å². The summed E-state index contributed by atoms with van der Waals surface area (Å²) in [5, 5.41) is 7.06. The van der Waals surface area contributed by atoms with Crippen LogP contribution in [-0.4, -0.2) is 25.3 Å². The van der Waals surface area contributed by atoms with Crippen LogP contribution in [0.3, 0.4) is 0 Å². The molecule has 3 rings (SSSR count). The van der Waals surface area contributed by atoms with Gasteiger partial charge in [0.25, 0.3) is 0 Å². The molecule has 0 saturated carbocycles. The number of ether oxygens (including phenoxy) is 1. The summed E-state index contributed by atoms with van der Waals surface area (Å²) in [4.78, 5) is 2.49. The number of nitrogens with zero attached hydrogens (tertiary/aromatic N) is 1. The number of hydrogen-bond acceptors (Lipinski definition) is 3. The number of rotatable bonds is 5. The van der Waals surface area contributed by atoms with Gasteiger partial charge >= 0.3 is 0 Å². The van der Waals surface area contributed by atoms with Crippen molar-refractivity contribution in [3.8, 4) is 5.75 Å². The summed E-state index contributed by atoms with van der Waals surface area (Å²) in [7, 11) is 1.66. The van der Waals surface area contributed by atoms with Gasteiger partial charge in [-0.3, -0.25) is 0 Å². The second-order valence-electron chi connectivity index (χ2n) is 6.90. The molecule has 2 aromatic carbocycles. The predicted octanol–water partition coefficient (Wildman–Crippen LogP) is 4.42. The molecule has 2 N–H and O–H groups in total. The molecule has 1 atom stereocenters. The molecule has 5 heteroatoms. The minimum atomic E-state index is 0.615. The molecule has 0 bridgehead atoms. The van der Waals surface area contributed by atoms with Crippen LogP contribution in [0.25, 0.3) is 0 Å². The van der Waals surface area contributed by atoms with Crippen LogP contribution in [0.15, 0.2) is 48.5 Å². The highest BCUT2D eigenvalue weighted by molar-refractivity contribution is 7.80. The lowest BCUT2D eigenvalue weighted by Gasteiger charge is -2.32. The van der Waals surface area contributed by atoms with Gasteiger partial charge in [0, 0.05) is 31.0 Å². The van der Waals surface area contributed by atoms with Crippen LogP contribution in [0.2, 0.25) is 0 Å². The van der Waals surface area contributed by atoms with E-state index in [4.69, 9.17) is 17.0 Å². The number of anilines is 2. The summed E-state index contributed by atoms with van der Waals surface area (Å²) in [6.45, 7) is 5.37. The van der Waals surface area contributed by atoms with Crippen molar-refractivity contribution in [2.45, 2.75) is 26.3 Å². The van der Waals surface area contributed by atoms with Crippen LogP contribution in [0.4, 0.5) is 11.4 Å². The minimum Gasteiger partial charge on any atom is -0.497 e. The van der Waals surface area contributed by atoms with E-state index in [-0.39, 0.29) is 0 Å². The Morgan fingerprint density at radius 3 is 2.54 bits per heavy atom. The first-order valence-corrected chi connectivity index (χ1v) is 9.57. The molecule has 1 fully saturated rings. The van der Waals surface area contributed by atoms with E-state index in [0.29, 0.717) is 11.7 Å². The maximum absolute atomic E-state index is 5.38. The fraction of sp³-hybridized carbons (Fsp3) is 0.381. The maximum atomic E-state index is 5.38. The molecule has 1 unspecified atom stereocenters. The third-order valence-electron chi connectivity index (χ3n) is 4.76. The summed E-state index contributed by atoms with van der Waals surface area (Å²) in [6, 6.07) is 16.5. The van der Waals surface area contributed by atoms with Crippen molar-refractivity contribution in [1.29, 1.82) is 0 Å². The fourth-order valence-corrected chi connectivity index (χ4v) is 3.47. The lowest BCUT2D eigenvalue weighted by molar-refractivity contribution is 0.415. The van der Waals surface area contributed by atoms with Crippen LogP contribution in [0.5, 0.6) is 5.75 Å². The first-order valence-electron chi connectivity index (χ1n) is 9.17. The molecule has 0 aromatic heterocycles. The zero-order valence-electron chi connectivity index (χ0n) is 15.5. The van der Waals surface area contributed by atoms with Crippen LogP contribution in [-0.2, 0) is 6.54 Å². The van der Waals surface area contributed by atoms with Crippen LogP contribution in [0.1, 0.15) is 25.3 Å². The third kappa shape index (κ3) is 5.11. The van der Waals surface area contributed by atoms with Gasteiger partial charge < -0.3 is 20.3 Å². The maximum Gasteiger partial charge on any atom is 0.171 e. The summed E-state index contributed by atoms with van der Waals surface area (Å²) >= 11 is 5.38. The van der Waals surface area contributed by atoms with Gasteiger partial charge in [0.2, 0.25) is 0 Å². The lowest BCUT2D eigenvalue weighted by Crippen LogP contribution is -2.34. The second-order valence-corrected chi connectivity index (χ2v) is 7.30. The molecule has 26 heavy (non-hydrogen) atoms. The largest absolute Gasteiger partial charge is 0.497 e. The van der Waals surface area contributed by atoms with Gasteiger partial charge in [-0.2, -0.15) is 0 Å². The van der Waals surface area contributed by atoms with Gasteiger partial charge in [0.05, 0.1) is 7.11 Å². The summed E-state index contributed by atoms with van der Waals surface area (Å²) in [5.41, 5.74) is 3.48. The van der Waals surface area contributed by atoms with E-state index in [1.807, 2.05) is 24.3 Å². The second kappa shape index (κ2) is 8.90. The van der Waals surface area contributed by atoms with E-state index in [9.17, 15) is 0 Å². The smallest absolute Gasteiger partial charge is 0.171 e. The van der Waals surface area contributed by atoms with Gasteiger partial charge in [0.1, 0.15) is 5.75 Å². The highest BCUT2D eigenvalue weighted by atomic mass is 32.1. The van der Waals surface area contributed by atoms with E-state index >= 15 is 0 Å². The van der Waals surface area contributed by atoms with Gasteiger partial charge in [-0.25, -0.2) is 0 Å². The molecule has 0 aliphatic carbocycles. The average molecular weight is 370 g/mol. The zero-order chi connectivity index (χ0) is 18.4. The quantitative estimate of drug-likeness (QED) is 0.763. The molecule has 2 aromatic rings. The van der Waals surface area contributed by atoms with E-state index in [1.165, 1.54) is 24.1 Å². The Labute approximate surface area is 161 Å². The summed E-state index contributed by atoms with van der Waals surface area (Å²) in [5.74, 6) is 1.61. The average Bonchev–Trinajstić information content (AvgIpc) is 2.67. The predicted molar refractivity (Wildman–Crippen MR) is 113 cm³/mol. The first kappa shape index (κ1) is 18.5. The number of hydrogen-bond donors (Lipinski definition) is 2. The van der Waals surface area contributed by atoms with Crippen molar-refractivity contribution < 1.29 is 4.74 Å². The van der Waals surface area contributed by atoms with Crippen molar-refractivity contribution in [2.75, 3.05) is 30.4 Å². The molecule has 138 valence electrons. The van der Waals surface area contributed by atoms with Gasteiger partial charge in [-0.1, -0.05) is 19.1 Å². The SMILES string of the molecule is COc1ccc(NC(=S)NCc2ccc(N3CCCC(C)C3)cc2)cc1. The standard InChI is InChI=1S/C21H27N3OS/c1-16-4-3-13-24(15-16)19-9-5-17(6-10-19)14-22-21(26)23-18-7-11-20(25-2)12-8-18/h5-12,16H,3-4,13-15H2,1-2H3,(H2,22,23,26). The van der Waals surface area contributed by atoms with Crippen LogP contribution < -0.4 is 20.3 Å². The molecule has 1 saturated heterocycles. The van der Waals surface area contributed by atoms with Crippen molar-refractivity contribution >= 4 is 28.7 Å². The molecule has 1 heterocycles. The molecule has 4 nitrogen and oxygen atoms in total. The Bertz CT molecular complexity index is 715. The monoisotopic (exact) mass is 369 g/mol. The molecule has 0 radical (unpaired) electrons. The molecule has 0 amide bonds. The zero-order valence-corrected chi connectivity index (χ0v) is 16.3. The number of thiocarbonyl (C=S) groups is 1. The van der Waals surface area contributed by atoms with Crippen LogP contribution >= 0.6 is 12.2 Å². The fourth-order valence-electron chi connectivity index (χ4n) is 3.28. The molecular weight excluding hydrogens is 342 g/mol. The molecule has 1 aliphatic rings. The topological polar surface area (TPSA) is 36.5 Å². The number of piperidine rings is 1. The molecular formula is C21H27N3OS. The van der Waals surface area contributed by atoms with Gasteiger partial charge in [-0.15, -0.1) is 0 Å². The molecule has 0 spiro atoms. The van der Waals surface area contributed by atoms with E-state index in [0.717, 1.165) is 30.4 Å². The van der Waals surface area contributed by atoms with E-state index in [2.05, 4.69) is 46.7 Å². The van der Waals surface area contributed by atoms with Gasteiger partial charge in [-0.05, 0) is 72.9 Å². The minimum absolute atomic E-state index is 0.615. The lowest BCUT2D eigenvalue weighted by atomic mass is 9.99. The van der Waals surface area contributed by atoms with Crippen molar-refractivity contribution in [2.24, 2.45) is 5.92 Å². The Morgan fingerprint density at radius 2 is 1.88 bits per heavy atom. The third-order valence-corrected chi connectivity index (χ3v) is 5.01. The Hall–Kier alpha value is -2.27. The van der Waals surface area contributed by atoms with Crippen molar-refractivity contribution in [1.82, 2.24) is 5.32 Å². The number of nitrogens with one attached hydrogen (secondary N) is 2. The van der Waals surface area contributed by atoms with Crippen LogP contribution in [0, 0.1) is 5.92 Å². The van der Waals surface area contributed by atoms with Crippen molar-refractivity contribution in [3.05, 3.63) is 54.1 Å². The van der Waals surface area contributed by atoms with Gasteiger partial charge in [0.15, 0.2) is 5.11 Å². The highest BCUT2D eigenvalue weighted by Gasteiger charge is 2.16. The Balaban J connectivity index is 1.48. The Kier molecular flexibility index (Phi) is 6.34. The summed E-state index contributed by atoms with van der Waals surface area (Å²) < 4.78 is 5.16. The number of benzene rings is 2.